The monoisotopic (exact) mass is 747 g/mol. The summed E-state index contributed by atoms with van der Waals surface area (Å²) in [6.07, 6.45) is 22.8. The zero-order valence-corrected chi connectivity index (χ0v) is 34.6. The average Bonchev–Trinajstić information content (AvgIpc) is 3.49. The van der Waals surface area contributed by atoms with Crippen molar-refractivity contribution in [2.24, 2.45) is 63.5 Å². The second-order valence-corrected chi connectivity index (χ2v) is 18.2. The molecule has 4 aliphatic carbocycles. The summed E-state index contributed by atoms with van der Waals surface area (Å²) in [5.74, 6) is 1.85. The zero-order valence-electron chi connectivity index (χ0n) is 34.6. The minimum atomic E-state index is -0.181. The predicted octanol–water partition coefficient (Wildman–Crippen LogP) is 7.66. The highest BCUT2D eigenvalue weighted by atomic mass is 16.5. The van der Waals surface area contributed by atoms with Crippen LogP contribution < -0.4 is 22.5 Å². The quantitative estimate of drug-likeness (QED) is 0.0545. The molecule has 4 aliphatic rings. The van der Waals surface area contributed by atoms with E-state index in [1.54, 1.807) is 0 Å². The van der Waals surface area contributed by atoms with Crippen LogP contribution in [0.3, 0.4) is 0 Å². The van der Waals surface area contributed by atoms with Crippen molar-refractivity contribution in [3.63, 3.8) is 0 Å². The van der Waals surface area contributed by atoms with Crippen molar-refractivity contribution in [3.05, 3.63) is 0 Å². The third-order valence-corrected chi connectivity index (χ3v) is 14.9. The van der Waals surface area contributed by atoms with Gasteiger partial charge in [0.05, 0.1) is 18.9 Å². The fourth-order valence-corrected chi connectivity index (χ4v) is 12.0. The standard InChI is InChI=1S/C44H82N4O5/c1-5-6-7-8-9-10-11-12-13-26-48-27-14-16-32(2)35-17-18-36-42-37(31-39(44(35,36)4)53-41(50)21-25-47)43(3)22-19-34(51-28-15-23-45)29-33(43)30-38(42)52-40(49)20-24-46/h32-39,42,48H,5-31,45-47H2,1-4H3/t32-,33+,34-,35-,36+,37+,38-,39+,42+,43+,44-/m1/s1. The van der Waals surface area contributed by atoms with Crippen LogP contribution in [0.1, 0.15) is 163 Å². The van der Waals surface area contributed by atoms with Crippen molar-refractivity contribution >= 4 is 11.9 Å². The first-order valence-electron chi connectivity index (χ1n) is 22.4. The normalized spacial score (nSPS) is 34.2. The Morgan fingerprint density at radius 2 is 1.42 bits per heavy atom. The lowest BCUT2D eigenvalue weighted by Crippen LogP contribution is -2.63. The zero-order chi connectivity index (χ0) is 38.3. The summed E-state index contributed by atoms with van der Waals surface area (Å²) < 4.78 is 19.4. The van der Waals surface area contributed by atoms with Gasteiger partial charge in [-0.05, 0) is 125 Å². The maximum absolute atomic E-state index is 13.3. The van der Waals surface area contributed by atoms with E-state index >= 15 is 0 Å². The number of esters is 2. The minimum Gasteiger partial charge on any atom is -0.462 e. The van der Waals surface area contributed by atoms with Crippen LogP contribution in [-0.4, -0.2) is 69.6 Å². The van der Waals surface area contributed by atoms with Gasteiger partial charge >= 0.3 is 11.9 Å². The number of hydrogen-bond donors (Lipinski definition) is 4. The van der Waals surface area contributed by atoms with Gasteiger partial charge in [0, 0.05) is 31.0 Å². The highest BCUT2D eigenvalue weighted by molar-refractivity contribution is 5.70. The van der Waals surface area contributed by atoms with Crippen molar-refractivity contribution in [2.45, 2.75) is 181 Å². The Morgan fingerprint density at radius 1 is 0.755 bits per heavy atom. The summed E-state index contributed by atoms with van der Waals surface area (Å²) in [7, 11) is 0. The second kappa shape index (κ2) is 22.5. The Hall–Kier alpha value is -1.26. The van der Waals surface area contributed by atoms with Crippen LogP contribution in [0.4, 0.5) is 0 Å². The molecule has 0 spiro atoms. The number of fused-ring (bicyclic) bond motifs is 5. The van der Waals surface area contributed by atoms with Gasteiger partial charge in [0.1, 0.15) is 12.2 Å². The molecule has 4 fully saturated rings. The summed E-state index contributed by atoms with van der Waals surface area (Å²) >= 11 is 0. The molecule has 0 aromatic carbocycles. The molecule has 0 saturated heterocycles. The Balaban J connectivity index is 1.44. The van der Waals surface area contributed by atoms with Crippen LogP contribution in [0.25, 0.3) is 0 Å². The maximum atomic E-state index is 13.3. The second-order valence-electron chi connectivity index (χ2n) is 18.2. The number of hydrogen-bond acceptors (Lipinski definition) is 9. The first kappa shape index (κ1) is 44.5. The van der Waals surface area contributed by atoms with Crippen LogP contribution in [0, 0.1) is 46.3 Å². The van der Waals surface area contributed by atoms with E-state index in [1.165, 1.54) is 57.8 Å². The molecule has 9 heteroatoms. The van der Waals surface area contributed by atoms with E-state index in [-0.39, 0.29) is 59.8 Å². The topological polar surface area (TPSA) is 152 Å². The fourth-order valence-electron chi connectivity index (χ4n) is 12.0. The average molecular weight is 747 g/mol. The molecule has 0 aromatic rings. The van der Waals surface area contributed by atoms with Gasteiger partial charge in [0.25, 0.3) is 0 Å². The molecule has 4 rings (SSSR count). The molecule has 9 nitrogen and oxygen atoms in total. The van der Waals surface area contributed by atoms with Gasteiger partial charge in [0.15, 0.2) is 0 Å². The summed E-state index contributed by atoms with van der Waals surface area (Å²) in [6.45, 7) is 13.7. The van der Waals surface area contributed by atoms with E-state index < -0.39 is 0 Å². The van der Waals surface area contributed by atoms with Crippen LogP contribution in [0.5, 0.6) is 0 Å². The molecule has 0 aliphatic heterocycles. The van der Waals surface area contributed by atoms with Crippen molar-refractivity contribution in [2.75, 3.05) is 39.3 Å². The number of carbonyl (C=O) groups is 2. The van der Waals surface area contributed by atoms with Gasteiger partial charge in [-0.2, -0.15) is 0 Å². The maximum Gasteiger partial charge on any atom is 0.307 e. The lowest BCUT2D eigenvalue weighted by molar-refractivity contribution is -0.226. The predicted molar refractivity (Wildman–Crippen MR) is 215 cm³/mol. The first-order chi connectivity index (χ1) is 25.6. The molecule has 0 heterocycles. The van der Waals surface area contributed by atoms with E-state index in [2.05, 4.69) is 33.0 Å². The van der Waals surface area contributed by atoms with Gasteiger partial charge in [-0.25, -0.2) is 0 Å². The lowest BCUT2D eigenvalue weighted by Gasteiger charge is -2.64. The molecule has 0 unspecified atom stereocenters. The SMILES string of the molecule is CCCCCCCCCCCNCCC[C@@H](C)[C@H]1CC[C@H]2[C@@H]3[C@H](OC(=O)CCN)C[C@@H]4C[C@H](OCCCN)CC[C@]4(C)[C@H]3C[C@H](OC(=O)CCN)[C@]12C. The van der Waals surface area contributed by atoms with Crippen LogP contribution in [0.2, 0.25) is 0 Å². The van der Waals surface area contributed by atoms with Gasteiger partial charge in [-0.3, -0.25) is 9.59 Å². The Labute approximate surface area is 324 Å². The molecule has 7 N–H and O–H groups in total. The highest BCUT2D eigenvalue weighted by Gasteiger charge is 2.67. The van der Waals surface area contributed by atoms with Gasteiger partial charge < -0.3 is 36.7 Å². The molecule has 11 atom stereocenters. The summed E-state index contributed by atoms with van der Waals surface area (Å²) in [5, 5.41) is 3.73. The van der Waals surface area contributed by atoms with Gasteiger partial charge in [-0.1, -0.05) is 79.1 Å². The van der Waals surface area contributed by atoms with Gasteiger partial charge in [0.2, 0.25) is 0 Å². The Bertz CT molecular complexity index is 1080. The number of rotatable bonds is 25. The Morgan fingerprint density at radius 3 is 2.09 bits per heavy atom. The third-order valence-electron chi connectivity index (χ3n) is 14.9. The van der Waals surface area contributed by atoms with Crippen molar-refractivity contribution in [1.82, 2.24) is 5.32 Å². The van der Waals surface area contributed by atoms with E-state index in [1.807, 2.05) is 0 Å². The van der Waals surface area contributed by atoms with Crippen LogP contribution >= 0.6 is 0 Å². The molecular formula is C44H82N4O5. The van der Waals surface area contributed by atoms with E-state index in [9.17, 15) is 9.59 Å². The molecule has 4 saturated carbocycles. The van der Waals surface area contributed by atoms with Crippen molar-refractivity contribution < 1.29 is 23.8 Å². The number of nitrogens with two attached hydrogens (primary N) is 3. The molecule has 308 valence electrons. The highest BCUT2D eigenvalue weighted by Crippen LogP contribution is 2.69. The molecule has 0 bridgehead atoms. The molecule has 0 aromatic heterocycles. The van der Waals surface area contributed by atoms with E-state index in [0.29, 0.717) is 55.8 Å². The minimum absolute atomic E-state index is 0.0685. The van der Waals surface area contributed by atoms with E-state index in [4.69, 9.17) is 31.4 Å². The molecular weight excluding hydrogens is 665 g/mol. The Kier molecular flexibility index (Phi) is 18.8. The number of nitrogens with one attached hydrogen (secondary N) is 1. The number of carbonyl (C=O) groups excluding carboxylic acids is 2. The lowest BCUT2D eigenvalue weighted by atomic mass is 9.43. The van der Waals surface area contributed by atoms with Crippen molar-refractivity contribution in [3.8, 4) is 0 Å². The molecule has 53 heavy (non-hydrogen) atoms. The fraction of sp³-hybridized carbons (Fsp3) is 0.955. The summed E-state index contributed by atoms with van der Waals surface area (Å²) in [4.78, 5) is 26.5. The third kappa shape index (κ3) is 11.6. The number of ether oxygens (including phenoxy) is 3. The largest absolute Gasteiger partial charge is 0.462 e. The number of unbranched alkanes of at least 4 members (excludes halogenated alkanes) is 8. The molecule has 0 radical (unpaired) electrons. The summed E-state index contributed by atoms with van der Waals surface area (Å²) in [5.41, 5.74) is 17.4. The van der Waals surface area contributed by atoms with Crippen LogP contribution in [-0.2, 0) is 23.8 Å². The molecule has 0 amide bonds. The van der Waals surface area contributed by atoms with E-state index in [0.717, 1.165) is 77.3 Å². The van der Waals surface area contributed by atoms with Crippen LogP contribution in [0.15, 0.2) is 0 Å². The van der Waals surface area contributed by atoms with Crippen molar-refractivity contribution in [1.29, 1.82) is 0 Å². The first-order valence-corrected chi connectivity index (χ1v) is 22.4. The smallest absolute Gasteiger partial charge is 0.307 e. The summed E-state index contributed by atoms with van der Waals surface area (Å²) in [6, 6.07) is 0. The van der Waals surface area contributed by atoms with Gasteiger partial charge in [-0.15, -0.1) is 0 Å².